The SMILES string of the molecule is CCCN1CCC(NC(=NC)NCCCN2CCN(c3cccc(C)c3)CC2)CC1.I. The lowest BCUT2D eigenvalue weighted by atomic mass is 10.1. The van der Waals surface area contributed by atoms with Crippen molar-refractivity contribution in [2.45, 2.75) is 45.6 Å². The minimum Gasteiger partial charge on any atom is -0.369 e. The molecule has 0 amide bonds. The number of rotatable bonds is 8. The van der Waals surface area contributed by atoms with Crippen molar-refractivity contribution >= 4 is 35.6 Å². The highest BCUT2D eigenvalue weighted by atomic mass is 127. The number of piperidine rings is 1. The number of benzene rings is 1. The first-order chi connectivity index (χ1) is 14.7. The minimum absolute atomic E-state index is 0. The van der Waals surface area contributed by atoms with Crippen LogP contribution in [0.5, 0.6) is 0 Å². The van der Waals surface area contributed by atoms with Crippen molar-refractivity contribution in [3.05, 3.63) is 29.8 Å². The Morgan fingerprint density at radius 2 is 1.74 bits per heavy atom. The van der Waals surface area contributed by atoms with Crippen LogP contribution in [-0.2, 0) is 0 Å². The first kappa shape index (κ1) is 26.2. The highest BCUT2D eigenvalue weighted by Crippen LogP contribution is 2.17. The molecular weight excluding hydrogens is 499 g/mol. The number of nitrogens with zero attached hydrogens (tertiary/aromatic N) is 4. The molecule has 0 saturated carbocycles. The predicted molar refractivity (Wildman–Crippen MR) is 144 cm³/mol. The fourth-order valence-corrected chi connectivity index (χ4v) is 4.57. The van der Waals surface area contributed by atoms with Crippen LogP contribution < -0.4 is 15.5 Å². The van der Waals surface area contributed by atoms with Crippen molar-refractivity contribution in [1.29, 1.82) is 0 Å². The summed E-state index contributed by atoms with van der Waals surface area (Å²) in [6.07, 6.45) is 4.83. The number of nitrogens with one attached hydrogen (secondary N) is 2. The largest absolute Gasteiger partial charge is 0.369 e. The van der Waals surface area contributed by atoms with Gasteiger partial charge in [0.15, 0.2) is 5.96 Å². The number of piperazine rings is 1. The average molecular weight is 543 g/mol. The van der Waals surface area contributed by atoms with Gasteiger partial charge in [-0.15, -0.1) is 24.0 Å². The van der Waals surface area contributed by atoms with E-state index in [4.69, 9.17) is 0 Å². The van der Waals surface area contributed by atoms with Gasteiger partial charge in [-0.1, -0.05) is 19.1 Å². The third-order valence-electron chi connectivity index (χ3n) is 6.37. The highest BCUT2D eigenvalue weighted by molar-refractivity contribution is 14.0. The second-order valence-corrected chi connectivity index (χ2v) is 8.78. The summed E-state index contributed by atoms with van der Waals surface area (Å²) < 4.78 is 0. The van der Waals surface area contributed by atoms with E-state index in [-0.39, 0.29) is 24.0 Å². The Labute approximate surface area is 206 Å². The van der Waals surface area contributed by atoms with E-state index in [9.17, 15) is 0 Å². The number of halogens is 1. The van der Waals surface area contributed by atoms with Gasteiger partial charge in [0.1, 0.15) is 0 Å². The predicted octanol–water partition coefficient (Wildman–Crippen LogP) is 3.16. The van der Waals surface area contributed by atoms with E-state index in [1.54, 1.807) is 0 Å². The van der Waals surface area contributed by atoms with Crippen LogP contribution in [0.3, 0.4) is 0 Å². The molecule has 0 spiro atoms. The lowest BCUT2D eigenvalue weighted by Gasteiger charge is -2.36. The van der Waals surface area contributed by atoms with E-state index >= 15 is 0 Å². The summed E-state index contributed by atoms with van der Waals surface area (Å²) in [7, 11) is 1.88. The molecular formula is C24H43IN6. The lowest BCUT2D eigenvalue weighted by molar-refractivity contribution is 0.206. The molecule has 1 aromatic rings. The third-order valence-corrected chi connectivity index (χ3v) is 6.37. The monoisotopic (exact) mass is 542 g/mol. The van der Waals surface area contributed by atoms with Crippen molar-refractivity contribution < 1.29 is 0 Å². The van der Waals surface area contributed by atoms with Crippen molar-refractivity contribution in [2.75, 3.05) is 70.9 Å². The maximum Gasteiger partial charge on any atom is 0.191 e. The van der Waals surface area contributed by atoms with Crippen LogP contribution in [0.1, 0.15) is 38.2 Å². The Kier molecular flexibility index (Phi) is 12.0. The Balaban J connectivity index is 0.00000341. The maximum atomic E-state index is 4.43. The van der Waals surface area contributed by atoms with E-state index in [1.807, 2.05) is 7.05 Å². The zero-order chi connectivity index (χ0) is 21.2. The molecule has 2 aliphatic heterocycles. The molecule has 2 heterocycles. The normalized spacial score (nSPS) is 19.2. The molecule has 3 rings (SSSR count). The first-order valence-electron chi connectivity index (χ1n) is 11.9. The Hall–Kier alpha value is -1.06. The number of aryl methyl sites for hydroxylation is 1. The molecule has 0 aliphatic carbocycles. The second kappa shape index (κ2) is 14.2. The van der Waals surface area contributed by atoms with Crippen LogP contribution in [0, 0.1) is 6.92 Å². The molecule has 2 saturated heterocycles. The number of hydrogen-bond acceptors (Lipinski definition) is 4. The molecule has 0 aromatic heterocycles. The van der Waals surface area contributed by atoms with Gasteiger partial charge >= 0.3 is 0 Å². The summed E-state index contributed by atoms with van der Waals surface area (Å²) in [6.45, 7) is 14.8. The van der Waals surface area contributed by atoms with Crippen molar-refractivity contribution in [3.8, 4) is 0 Å². The summed E-state index contributed by atoms with van der Waals surface area (Å²) >= 11 is 0. The van der Waals surface area contributed by atoms with Crippen LogP contribution in [0.25, 0.3) is 0 Å². The van der Waals surface area contributed by atoms with Gasteiger partial charge in [-0.3, -0.25) is 9.89 Å². The third kappa shape index (κ3) is 8.77. The fourth-order valence-electron chi connectivity index (χ4n) is 4.57. The van der Waals surface area contributed by atoms with Gasteiger partial charge in [-0.25, -0.2) is 0 Å². The maximum absolute atomic E-state index is 4.43. The quantitative estimate of drug-likeness (QED) is 0.229. The molecule has 0 radical (unpaired) electrons. The number of hydrogen-bond donors (Lipinski definition) is 2. The number of anilines is 1. The molecule has 0 bridgehead atoms. The number of guanidine groups is 1. The Morgan fingerprint density at radius 3 is 2.39 bits per heavy atom. The van der Waals surface area contributed by atoms with Crippen LogP contribution >= 0.6 is 24.0 Å². The minimum atomic E-state index is 0. The van der Waals surface area contributed by atoms with Crippen LogP contribution in [0.4, 0.5) is 5.69 Å². The van der Waals surface area contributed by atoms with Crippen LogP contribution in [0.15, 0.2) is 29.3 Å². The average Bonchev–Trinajstić information content (AvgIpc) is 2.77. The van der Waals surface area contributed by atoms with Gasteiger partial charge < -0.3 is 20.4 Å². The fraction of sp³-hybridized carbons (Fsp3) is 0.708. The number of aliphatic imine (C=N–C) groups is 1. The van der Waals surface area contributed by atoms with E-state index in [2.05, 4.69) is 68.4 Å². The zero-order valence-corrected chi connectivity index (χ0v) is 22.1. The van der Waals surface area contributed by atoms with Crippen molar-refractivity contribution in [3.63, 3.8) is 0 Å². The molecule has 2 aliphatic rings. The van der Waals surface area contributed by atoms with E-state index in [0.717, 1.165) is 51.6 Å². The molecule has 1 aromatic carbocycles. The summed E-state index contributed by atoms with van der Waals surface area (Å²) in [6, 6.07) is 9.42. The van der Waals surface area contributed by atoms with Gasteiger partial charge in [0, 0.05) is 64.6 Å². The zero-order valence-electron chi connectivity index (χ0n) is 19.8. The van der Waals surface area contributed by atoms with E-state index in [1.165, 1.54) is 50.1 Å². The molecule has 7 heteroatoms. The molecule has 176 valence electrons. The van der Waals surface area contributed by atoms with Gasteiger partial charge in [0.2, 0.25) is 0 Å². The van der Waals surface area contributed by atoms with E-state index < -0.39 is 0 Å². The summed E-state index contributed by atoms with van der Waals surface area (Å²) in [5.74, 6) is 0.966. The topological polar surface area (TPSA) is 46.1 Å². The van der Waals surface area contributed by atoms with Gasteiger partial charge in [0.25, 0.3) is 0 Å². The van der Waals surface area contributed by atoms with E-state index in [0.29, 0.717) is 6.04 Å². The summed E-state index contributed by atoms with van der Waals surface area (Å²) in [4.78, 5) is 12.1. The Morgan fingerprint density at radius 1 is 1.03 bits per heavy atom. The lowest BCUT2D eigenvalue weighted by Crippen LogP contribution is -2.49. The second-order valence-electron chi connectivity index (χ2n) is 8.78. The Bertz CT molecular complexity index is 651. The summed E-state index contributed by atoms with van der Waals surface area (Å²) in [5.41, 5.74) is 2.71. The molecule has 31 heavy (non-hydrogen) atoms. The van der Waals surface area contributed by atoms with Crippen molar-refractivity contribution in [1.82, 2.24) is 20.4 Å². The van der Waals surface area contributed by atoms with Crippen LogP contribution in [0.2, 0.25) is 0 Å². The smallest absolute Gasteiger partial charge is 0.191 e. The van der Waals surface area contributed by atoms with Crippen LogP contribution in [-0.4, -0.2) is 87.8 Å². The standard InChI is InChI=1S/C24H42N6.HI/c1-4-12-28-14-9-22(10-15-28)27-24(25-3)26-11-6-13-29-16-18-30(19-17-29)23-8-5-7-21(2)20-23;/h5,7-8,20,22H,4,6,9-19H2,1-3H3,(H2,25,26,27);1H. The molecule has 2 fully saturated rings. The van der Waals surface area contributed by atoms with Gasteiger partial charge in [0.05, 0.1) is 0 Å². The highest BCUT2D eigenvalue weighted by Gasteiger charge is 2.19. The van der Waals surface area contributed by atoms with Gasteiger partial charge in [-0.2, -0.15) is 0 Å². The molecule has 0 unspecified atom stereocenters. The summed E-state index contributed by atoms with van der Waals surface area (Å²) in [5, 5.41) is 7.15. The number of likely N-dealkylation sites (tertiary alicyclic amines) is 1. The molecule has 6 nitrogen and oxygen atoms in total. The first-order valence-corrected chi connectivity index (χ1v) is 11.9. The molecule has 2 N–H and O–H groups in total. The van der Waals surface area contributed by atoms with Crippen molar-refractivity contribution in [2.24, 2.45) is 4.99 Å². The van der Waals surface area contributed by atoms with Gasteiger partial charge in [-0.05, 0) is 63.4 Å². The molecule has 0 atom stereocenters.